The van der Waals surface area contributed by atoms with E-state index in [-0.39, 0.29) is 0 Å². The molecule has 0 aromatic heterocycles. The van der Waals surface area contributed by atoms with Crippen molar-refractivity contribution in [3.8, 4) is 11.5 Å². The molecule has 1 heterocycles. The summed E-state index contributed by atoms with van der Waals surface area (Å²) in [4.78, 5) is 0. The monoisotopic (exact) mass is 267 g/mol. The molecule has 1 aliphatic rings. The molecule has 0 bridgehead atoms. The first-order valence-electron chi connectivity index (χ1n) is 6.38. The van der Waals surface area contributed by atoms with Gasteiger partial charge in [0.1, 0.15) is 11.5 Å². The molecule has 2 atom stereocenters. The molecule has 100 valence electrons. The molecule has 1 aromatic carbocycles. The van der Waals surface area contributed by atoms with Gasteiger partial charge in [-0.15, -0.1) is 0 Å². The van der Waals surface area contributed by atoms with Crippen LogP contribution < -0.4 is 15.2 Å². The maximum Gasteiger partial charge on any atom is 0.122 e. The molecule has 3 nitrogen and oxygen atoms in total. The topological polar surface area (TPSA) is 44.5 Å². The lowest BCUT2D eigenvalue weighted by Gasteiger charge is -2.21. The van der Waals surface area contributed by atoms with Crippen molar-refractivity contribution >= 4 is 11.8 Å². The lowest BCUT2D eigenvalue weighted by Crippen LogP contribution is -2.29. The number of rotatable bonds is 6. The Morgan fingerprint density at radius 2 is 2.28 bits per heavy atom. The van der Waals surface area contributed by atoms with Crippen molar-refractivity contribution < 1.29 is 9.47 Å². The summed E-state index contributed by atoms with van der Waals surface area (Å²) in [5.74, 6) is 5.35. The number of methoxy groups -OCH3 is 1. The van der Waals surface area contributed by atoms with Crippen molar-refractivity contribution in [2.24, 2.45) is 17.6 Å². The van der Waals surface area contributed by atoms with Gasteiger partial charge in [0.2, 0.25) is 0 Å². The molecule has 4 heteroatoms. The average Bonchev–Trinajstić information content (AvgIpc) is 2.94. The molecule has 1 fully saturated rings. The quantitative estimate of drug-likeness (QED) is 0.859. The minimum atomic E-state index is 0.464. The Balaban J connectivity index is 1.88. The molecule has 2 unspecified atom stereocenters. The highest BCUT2D eigenvalue weighted by atomic mass is 32.2. The van der Waals surface area contributed by atoms with E-state index in [1.807, 2.05) is 36.0 Å². The van der Waals surface area contributed by atoms with Crippen LogP contribution in [-0.2, 0) is 0 Å². The van der Waals surface area contributed by atoms with Crippen molar-refractivity contribution in [2.45, 2.75) is 6.42 Å². The van der Waals surface area contributed by atoms with Gasteiger partial charge in [0, 0.05) is 12.0 Å². The lowest BCUT2D eigenvalue weighted by molar-refractivity contribution is 0.208. The van der Waals surface area contributed by atoms with Crippen LogP contribution in [0.25, 0.3) is 0 Å². The smallest absolute Gasteiger partial charge is 0.122 e. The maximum absolute atomic E-state index is 5.86. The first-order valence-corrected chi connectivity index (χ1v) is 7.53. The highest BCUT2D eigenvalue weighted by Gasteiger charge is 2.24. The van der Waals surface area contributed by atoms with Crippen LogP contribution in [0.3, 0.4) is 0 Å². The van der Waals surface area contributed by atoms with E-state index in [0.29, 0.717) is 25.0 Å². The zero-order valence-corrected chi connectivity index (χ0v) is 11.6. The molecule has 18 heavy (non-hydrogen) atoms. The van der Waals surface area contributed by atoms with Crippen LogP contribution >= 0.6 is 11.8 Å². The van der Waals surface area contributed by atoms with Crippen LogP contribution in [0.1, 0.15) is 6.42 Å². The molecule has 0 amide bonds. The van der Waals surface area contributed by atoms with Gasteiger partial charge in [-0.05, 0) is 42.5 Å². The second kappa shape index (κ2) is 6.90. The third kappa shape index (κ3) is 3.56. The van der Waals surface area contributed by atoms with E-state index in [9.17, 15) is 0 Å². The summed E-state index contributed by atoms with van der Waals surface area (Å²) in [7, 11) is 1.66. The van der Waals surface area contributed by atoms with E-state index in [4.69, 9.17) is 15.2 Å². The predicted molar refractivity (Wildman–Crippen MR) is 76.5 cm³/mol. The molecule has 0 saturated carbocycles. The Morgan fingerprint density at radius 1 is 1.44 bits per heavy atom. The summed E-state index contributed by atoms with van der Waals surface area (Å²) in [5, 5.41) is 0. The summed E-state index contributed by atoms with van der Waals surface area (Å²) in [6.07, 6.45) is 1.27. The van der Waals surface area contributed by atoms with Crippen LogP contribution in [0.5, 0.6) is 11.5 Å². The van der Waals surface area contributed by atoms with E-state index in [0.717, 1.165) is 11.5 Å². The maximum atomic E-state index is 5.86. The van der Waals surface area contributed by atoms with E-state index < -0.39 is 0 Å². The number of hydrogen-bond donors (Lipinski definition) is 1. The van der Waals surface area contributed by atoms with Gasteiger partial charge in [-0.1, -0.05) is 6.07 Å². The summed E-state index contributed by atoms with van der Waals surface area (Å²) >= 11 is 2.02. The molecule has 0 radical (unpaired) electrons. The minimum absolute atomic E-state index is 0.464. The van der Waals surface area contributed by atoms with Gasteiger partial charge in [-0.25, -0.2) is 0 Å². The van der Waals surface area contributed by atoms with Gasteiger partial charge in [-0.3, -0.25) is 0 Å². The Morgan fingerprint density at radius 3 is 2.94 bits per heavy atom. The summed E-state index contributed by atoms with van der Waals surface area (Å²) in [6.45, 7) is 1.41. The third-order valence-corrected chi connectivity index (χ3v) is 4.63. The van der Waals surface area contributed by atoms with E-state index >= 15 is 0 Å². The zero-order chi connectivity index (χ0) is 12.8. The zero-order valence-electron chi connectivity index (χ0n) is 10.8. The molecule has 1 aromatic rings. The third-order valence-electron chi connectivity index (χ3n) is 3.44. The van der Waals surface area contributed by atoms with Crippen molar-refractivity contribution in [1.29, 1.82) is 0 Å². The van der Waals surface area contributed by atoms with Crippen molar-refractivity contribution in [3.05, 3.63) is 24.3 Å². The van der Waals surface area contributed by atoms with Gasteiger partial charge in [0.25, 0.3) is 0 Å². The van der Waals surface area contributed by atoms with Crippen LogP contribution in [0, 0.1) is 11.8 Å². The van der Waals surface area contributed by atoms with Gasteiger partial charge in [0.15, 0.2) is 0 Å². The fourth-order valence-corrected chi connectivity index (χ4v) is 3.59. The number of nitrogens with two attached hydrogens (primary N) is 1. The largest absolute Gasteiger partial charge is 0.497 e. The van der Waals surface area contributed by atoms with Gasteiger partial charge in [0.05, 0.1) is 13.7 Å². The normalized spacial score (nSPS) is 20.7. The predicted octanol–water partition coefficient (Wildman–Crippen LogP) is 2.40. The van der Waals surface area contributed by atoms with Crippen LogP contribution in [0.15, 0.2) is 24.3 Å². The fourth-order valence-electron chi connectivity index (χ4n) is 2.22. The molecule has 2 N–H and O–H groups in total. The Hall–Kier alpha value is -0.870. The van der Waals surface area contributed by atoms with Crippen molar-refractivity contribution in [3.63, 3.8) is 0 Å². The van der Waals surface area contributed by atoms with Crippen molar-refractivity contribution in [2.75, 3.05) is 31.8 Å². The Labute approximate surface area is 113 Å². The van der Waals surface area contributed by atoms with E-state index in [2.05, 4.69) is 0 Å². The summed E-state index contributed by atoms with van der Waals surface area (Å²) < 4.78 is 11.0. The Bertz CT molecular complexity index is 367. The number of thioether (sulfide) groups is 1. The highest BCUT2D eigenvalue weighted by Crippen LogP contribution is 2.30. The summed E-state index contributed by atoms with van der Waals surface area (Å²) in [6, 6.07) is 7.73. The lowest BCUT2D eigenvalue weighted by atomic mass is 9.93. The Kier molecular flexibility index (Phi) is 5.20. The molecule has 0 aliphatic carbocycles. The SMILES string of the molecule is COc1cccc(OCC(CN)C2CCSC2)c1. The molecular weight excluding hydrogens is 246 g/mol. The fraction of sp³-hybridized carbons (Fsp3) is 0.571. The van der Waals surface area contributed by atoms with Crippen LogP contribution in [0.2, 0.25) is 0 Å². The number of benzene rings is 1. The minimum Gasteiger partial charge on any atom is -0.497 e. The second-order valence-electron chi connectivity index (χ2n) is 4.61. The molecule has 0 spiro atoms. The van der Waals surface area contributed by atoms with E-state index in [1.54, 1.807) is 7.11 Å². The van der Waals surface area contributed by atoms with Gasteiger partial charge in [-0.2, -0.15) is 11.8 Å². The number of hydrogen-bond acceptors (Lipinski definition) is 4. The van der Waals surface area contributed by atoms with Gasteiger partial charge >= 0.3 is 0 Å². The molecule has 1 aliphatic heterocycles. The first kappa shape index (κ1) is 13.6. The van der Waals surface area contributed by atoms with Crippen molar-refractivity contribution in [1.82, 2.24) is 0 Å². The van der Waals surface area contributed by atoms with Crippen LogP contribution in [0.4, 0.5) is 0 Å². The van der Waals surface area contributed by atoms with E-state index in [1.165, 1.54) is 17.9 Å². The average molecular weight is 267 g/mol. The standard InChI is InChI=1S/C14H21NO2S/c1-16-13-3-2-4-14(7-13)17-9-12(8-15)11-5-6-18-10-11/h2-4,7,11-12H,5-6,8-10,15H2,1H3. The molecule has 2 rings (SSSR count). The molecule has 1 saturated heterocycles. The van der Waals surface area contributed by atoms with Gasteiger partial charge < -0.3 is 15.2 Å². The van der Waals surface area contributed by atoms with Crippen LogP contribution in [-0.4, -0.2) is 31.8 Å². The summed E-state index contributed by atoms with van der Waals surface area (Å²) in [5.41, 5.74) is 5.86. The highest BCUT2D eigenvalue weighted by molar-refractivity contribution is 7.99. The second-order valence-corrected chi connectivity index (χ2v) is 5.76. The first-order chi connectivity index (χ1) is 8.83. The number of ether oxygens (including phenoxy) is 2. The molecular formula is C14H21NO2S.